The van der Waals surface area contributed by atoms with Crippen molar-refractivity contribution >= 4 is 11.7 Å². The molecule has 30 heavy (non-hydrogen) atoms. The van der Waals surface area contributed by atoms with Crippen molar-refractivity contribution in [3.8, 4) is 0 Å². The molecule has 0 heterocycles. The first-order valence-electron chi connectivity index (χ1n) is 9.51. The standard InChI is InChI=1S/C21H21F5N2O2/c22-18-5-2-6-19(23)17(18)12-30-16-9-7-14(8-10-16)27-20(29)28-15-4-1-3-13(11-15)21(24,25)26/h1-6,11,14,16H,7-10,12H2,(H2,27,28,29)/t14-,16-. The summed E-state index contributed by atoms with van der Waals surface area (Å²) in [6, 6.07) is 7.27. The van der Waals surface area contributed by atoms with Crippen LogP contribution in [0.3, 0.4) is 0 Å². The third-order valence-corrected chi connectivity index (χ3v) is 4.98. The van der Waals surface area contributed by atoms with Gasteiger partial charge in [0.05, 0.1) is 18.3 Å². The van der Waals surface area contributed by atoms with E-state index in [1.165, 1.54) is 30.3 Å². The summed E-state index contributed by atoms with van der Waals surface area (Å²) in [5.74, 6) is -1.31. The average Bonchev–Trinajstić information content (AvgIpc) is 2.68. The summed E-state index contributed by atoms with van der Waals surface area (Å²) in [6.07, 6.45) is -2.33. The molecule has 2 aromatic rings. The van der Waals surface area contributed by atoms with Crippen LogP contribution in [0.5, 0.6) is 0 Å². The van der Waals surface area contributed by atoms with Crippen LogP contribution in [-0.2, 0) is 17.5 Å². The Morgan fingerprint density at radius 1 is 1.00 bits per heavy atom. The van der Waals surface area contributed by atoms with Crippen molar-refractivity contribution in [3.63, 3.8) is 0 Å². The largest absolute Gasteiger partial charge is 0.416 e. The molecule has 1 saturated carbocycles. The quantitative estimate of drug-likeness (QED) is 0.606. The Labute approximate surface area is 170 Å². The summed E-state index contributed by atoms with van der Waals surface area (Å²) in [7, 11) is 0. The molecule has 2 N–H and O–H groups in total. The molecule has 0 unspecified atom stereocenters. The van der Waals surface area contributed by atoms with Crippen LogP contribution in [0.4, 0.5) is 32.4 Å². The third-order valence-electron chi connectivity index (χ3n) is 4.98. The lowest BCUT2D eigenvalue weighted by molar-refractivity contribution is -0.137. The van der Waals surface area contributed by atoms with Crippen molar-refractivity contribution in [3.05, 3.63) is 65.2 Å². The van der Waals surface area contributed by atoms with E-state index in [9.17, 15) is 26.7 Å². The van der Waals surface area contributed by atoms with E-state index in [4.69, 9.17) is 4.74 Å². The fourth-order valence-electron chi connectivity index (χ4n) is 3.37. The van der Waals surface area contributed by atoms with Gasteiger partial charge >= 0.3 is 12.2 Å². The maximum atomic E-state index is 13.6. The van der Waals surface area contributed by atoms with Gasteiger partial charge in [0, 0.05) is 17.3 Å². The molecule has 0 spiro atoms. The molecule has 162 valence electrons. The maximum Gasteiger partial charge on any atom is 0.416 e. The number of rotatable bonds is 5. The van der Waals surface area contributed by atoms with Crippen molar-refractivity contribution in [1.82, 2.24) is 5.32 Å². The lowest BCUT2D eigenvalue weighted by Crippen LogP contribution is -2.41. The Balaban J connectivity index is 1.44. The van der Waals surface area contributed by atoms with E-state index in [-0.39, 0.29) is 30.0 Å². The summed E-state index contributed by atoms with van der Waals surface area (Å²) in [5, 5.41) is 5.14. The Morgan fingerprint density at radius 2 is 1.63 bits per heavy atom. The predicted octanol–water partition coefficient (Wildman–Crippen LogP) is 5.63. The van der Waals surface area contributed by atoms with Gasteiger partial charge in [0.2, 0.25) is 0 Å². The first kappa shape index (κ1) is 22.0. The number of carbonyl (C=O) groups excluding carboxylic acids is 1. The first-order valence-corrected chi connectivity index (χ1v) is 9.51. The summed E-state index contributed by atoms with van der Waals surface area (Å²) in [5.41, 5.74) is -0.909. The Morgan fingerprint density at radius 3 is 2.27 bits per heavy atom. The van der Waals surface area contributed by atoms with Crippen LogP contribution < -0.4 is 10.6 Å². The number of hydrogen-bond donors (Lipinski definition) is 2. The first-order chi connectivity index (χ1) is 14.2. The smallest absolute Gasteiger partial charge is 0.373 e. The molecule has 0 atom stereocenters. The Hall–Kier alpha value is -2.68. The molecule has 3 rings (SSSR count). The number of halogens is 5. The molecule has 4 nitrogen and oxygen atoms in total. The topological polar surface area (TPSA) is 50.4 Å². The summed E-state index contributed by atoms with van der Waals surface area (Å²) >= 11 is 0. The molecule has 1 fully saturated rings. The van der Waals surface area contributed by atoms with Crippen LogP contribution in [0.1, 0.15) is 36.8 Å². The van der Waals surface area contributed by atoms with Crippen molar-refractivity contribution in [2.45, 2.75) is 50.6 Å². The number of anilines is 1. The van der Waals surface area contributed by atoms with E-state index in [2.05, 4.69) is 10.6 Å². The maximum absolute atomic E-state index is 13.6. The van der Waals surface area contributed by atoms with Crippen LogP contribution in [0.15, 0.2) is 42.5 Å². The molecule has 0 aliphatic heterocycles. The van der Waals surface area contributed by atoms with Gasteiger partial charge in [0.15, 0.2) is 0 Å². The van der Waals surface area contributed by atoms with E-state index in [0.29, 0.717) is 25.7 Å². The fourth-order valence-corrected chi connectivity index (χ4v) is 3.37. The Kier molecular flexibility index (Phi) is 6.91. The molecule has 9 heteroatoms. The lowest BCUT2D eigenvalue weighted by Gasteiger charge is -2.29. The second kappa shape index (κ2) is 9.42. The van der Waals surface area contributed by atoms with E-state index < -0.39 is 29.4 Å². The zero-order valence-electron chi connectivity index (χ0n) is 15.9. The average molecular weight is 428 g/mol. The minimum atomic E-state index is -4.49. The highest BCUT2D eigenvalue weighted by atomic mass is 19.4. The number of urea groups is 1. The number of amides is 2. The van der Waals surface area contributed by atoms with Gasteiger partial charge < -0.3 is 15.4 Å². The minimum absolute atomic E-state index is 0.0475. The normalized spacial score (nSPS) is 19.4. The number of alkyl halides is 3. The predicted molar refractivity (Wildman–Crippen MR) is 101 cm³/mol. The molecule has 0 aromatic heterocycles. The van der Waals surface area contributed by atoms with Crippen LogP contribution in [0.2, 0.25) is 0 Å². The minimum Gasteiger partial charge on any atom is -0.373 e. The SMILES string of the molecule is O=C(Nc1cccc(C(F)(F)F)c1)N[C@H]1CC[C@H](OCc2c(F)cccc2F)CC1. The summed E-state index contributed by atoms with van der Waals surface area (Å²) in [4.78, 5) is 12.1. The van der Waals surface area contributed by atoms with Gasteiger partial charge in [-0.15, -0.1) is 0 Å². The van der Waals surface area contributed by atoms with Gasteiger partial charge in [-0.1, -0.05) is 12.1 Å². The molecule has 0 saturated heterocycles. The van der Waals surface area contributed by atoms with Gasteiger partial charge in [-0.3, -0.25) is 0 Å². The zero-order valence-corrected chi connectivity index (χ0v) is 15.9. The zero-order chi connectivity index (χ0) is 21.7. The van der Waals surface area contributed by atoms with Crippen LogP contribution >= 0.6 is 0 Å². The molecular weight excluding hydrogens is 407 g/mol. The van der Waals surface area contributed by atoms with Crippen molar-refractivity contribution in [1.29, 1.82) is 0 Å². The van der Waals surface area contributed by atoms with E-state index in [1.54, 1.807) is 0 Å². The van der Waals surface area contributed by atoms with Gasteiger partial charge in [0.1, 0.15) is 11.6 Å². The van der Waals surface area contributed by atoms with Gasteiger partial charge in [-0.05, 0) is 56.0 Å². The highest BCUT2D eigenvalue weighted by Crippen LogP contribution is 2.30. The Bertz CT molecular complexity index is 860. The fraction of sp³-hybridized carbons (Fsp3) is 0.381. The number of benzene rings is 2. The van der Waals surface area contributed by atoms with E-state index in [1.807, 2.05) is 0 Å². The van der Waals surface area contributed by atoms with Gasteiger partial charge in [-0.25, -0.2) is 13.6 Å². The van der Waals surface area contributed by atoms with Crippen LogP contribution in [0.25, 0.3) is 0 Å². The molecule has 2 amide bonds. The summed E-state index contributed by atoms with van der Waals surface area (Å²) in [6.45, 7) is -0.169. The second-order valence-electron chi connectivity index (χ2n) is 7.16. The number of nitrogens with one attached hydrogen (secondary N) is 2. The van der Waals surface area contributed by atoms with Crippen molar-refractivity contribution in [2.24, 2.45) is 0 Å². The molecule has 1 aliphatic carbocycles. The molecule has 1 aliphatic rings. The van der Waals surface area contributed by atoms with E-state index >= 15 is 0 Å². The molecule has 0 bridgehead atoms. The third kappa shape index (κ3) is 5.91. The summed E-state index contributed by atoms with van der Waals surface area (Å²) < 4.78 is 71.1. The monoisotopic (exact) mass is 428 g/mol. The number of carbonyl (C=O) groups is 1. The number of ether oxygens (including phenoxy) is 1. The van der Waals surface area contributed by atoms with Crippen LogP contribution in [-0.4, -0.2) is 18.2 Å². The van der Waals surface area contributed by atoms with Gasteiger partial charge in [0.25, 0.3) is 0 Å². The lowest BCUT2D eigenvalue weighted by atomic mass is 9.93. The molecule has 0 radical (unpaired) electrons. The second-order valence-corrected chi connectivity index (χ2v) is 7.16. The van der Waals surface area contributed by atoms with Crippen LogP contribution in [0, 0.1) is 11.6 Å². The van der Waals surface area contributed by atoms with Crippen molar-refractivity contribution < 1.29 is 31.5 Å². The number of hydrogen-bond acceptors (Lipinski definition) is 2. The highest BCUT2D eigenvalue weighted by Gasteiger charge is 2.30. The van der Waals surface area contributed by atoms with Crippen molar-refractivity contribution in [2.75, 3.05) is 5.32 Å². The van der Waals surface area contributed by atoms with E-state index in [0.717, 1.165) is 12.1 Å². The molecular formula is C21H21F5N2O2. The van der Waals surface area contributed by atoms with Gasteiger partial charge in [-0.2, -0.15) is 13.2 Å². The highest BCUT2D eigenvalue weighted by molar-refractivity contribution is 5.89. The molecule has 2 aromatic carbocycles.